The van der Waals surface area contributed by atoms with Crippen LogP contribution in [0.4, 0.5) is 10.3 Å². The van der Waals surface area contributed by atoms with Gasteiger partial charge in [0.1, 0.15) is 5.82 Å². The second-order valence-corrected chi connectivity index (χ2v) is 5.25. The predicted octanol–water partition coefficient (Wildman–Crippen LogP) is 0.500. The highest BCUT2D eigenvalue weighted by Crippen LogP contribution is 2.15. The normalized spacial score (nSPS) is 11.6. The van der Waals surface area contributed by atoms with Crippen molar-refractivity contribution in [3.63, 3.8) is 0 Å². The third-order valence-electron chi connectivity index (χ3n) is 2.08. The van der Waals surface area contributed by atoms with Crippen molar-refractivity contribution in [1.82, 2.24) is 15.2 Å². The van der Waals surface area contributed by atoms with Gasteiger partial charge in [0.05, 0.1) is 5.75 Å². The summed E-state index contributed by atoms with van der Waals surface area (Å²) in [4.78, 5) is 3.51. The summed E-state index contributed by atoms with van der Waals surface area (Å²) in [6.45, 7) is 0. The highest BCUT2D eigenvalue weighted by Gasteiger charge is 2.21. The quantitative estimate of drug-likeness (QED) is 0.832. The topological polar surface area (TPSA) is 102 Å². The Labute approximate surface area is 96.6 Å². The second-order valence-electron chi connectivity index (χ2n) is 3.35. The Morgan fingerprint density at radius 1 is 1.35 bits per heavy atom. The first-order chi connectivity index (χ1) is 7.99. The van der Waals surface area contributed by atoms with Gasteiger partial charge in [-0.2, -0.15) is 4.98 Å². The van der Waals surface area contributed by atoms with Crippen molar-refractivity contribution in [2.45, 2.75) is 10.9 Å². The average molecular weight is 256 g/mol. The van der Waals surface area contributed by atoms with Crippen molar-refractivity contribution in [3.05, 3.63) is 35.6 Å². The molecule has 1 heterocycles. The first kappa shape index (κ1) is 11.5. The zero-order chi connectivity index (χ0) is 12.5. The average Bonchev–Trinajstić information content (AvgIpc) is 2.69. The standard InChI is InChI=1S/C9H9FN4O2S/c10-7-4-2-1-3-6(7)5-17(15,16)9-12-8(11)13-14-9/h1-4H,5H2,(H3,11,12,13,14). The molecule has 0 bridgehead atoms. The number of benzene rings is 1. The number of hydrogen-bond donors (Lipinski definition) is 2. The molecule has 0 atom stereocenters. The maximum Gasteiger partial charge on any atom is 0.245 e. The van der Waals surface area contributed by atoms with Gasteiger partial charge in [-0.25, -0.2) is 17.9 Å². The molecule has 1 aromatic carbocycles. The van der Waals surface area contributed by atoms with Crippen molar-refractivity contribution in [1.29, 1.82) is 0 Å². The van der Waals surface area contributed by atoms with Crippen LogP contribution in [0.5, 0.6) is 0 Å². The summed E-state index contributed by atoms with van der Waals surface area (Å²) in [6, 6.07) is 5.63. The largest absolute Gasteiger partial charge is 0.366 e. The van der Waals surface area contributed by atoms with Crippen molar-refractivity contribution in [2.24, 2.45) is 0 Å². The number of sulfone groups is 1. The van der Waals surface area contributed by atoms with Gasteiger partial charge in [0.25, 0.3) is 0 Å². The van der Waals surface area contributed by atoms with Gasteiger partial charge < -0.3 is 5.73 Å². The van der Waals surface area contributed by atoms with E-state index in [9.17, 15) is 12.8 Å². The van der Waals surface area contributed by atoms with Crippen molar-refractivity contribution < 1.29 is 12.8 Å². The van der Waals surface area contributed by atoms with Gasteiger partial charge in [0, 0.05) is 5.56 Å². The van der Waals surface area contributed by atoms with E-state index in [0.717, 1.165) is 0 Å². The van der Waals surface area contributed by atoms with Crippen LogP contribution in [-0.4, -0.2) is 23.6 Å². The molecule has 0 unspecified atom stereocenters. The maximum absolute atomic E-state index is 13.3. The number of nitrogens with two attached hydrogens (primary N) is 1. The molecule has 0 saturated carbocycles. The fraction of sp³-hybridized carbons (Fsp3) is 0.111. The van der Waals surface area contributed by atoms with E-state index in [1.54, 1.807) is 6.07 Å². The number of rotatable bonds is 3. The zero-order valence-electron chi connectivity index (χ0n) is 8.59. The number of anilines is 1. The van der Waals surface area contributed by atoms with Crippen LogP contribution in [0.2, 0.25) is 0 Å². The van der Waals surface area contributed by atoms with Gasteiger partial charge >= 0.3 is 0 Å². The number of nitrogen functional groups attached to an aromatic ring is 1. The molecule has 90 valence electrons. The van der Waals surface area contributed by atoms with E-state index >= 15 is 0 Å². The van der Waals surface area contributed by atoms with Crippen LogP contribution in [0.1, 0.15) is 5.56 Å². The third kappa shape index (κ3) is 2.41. The summed E-state index contributed by atoms with van der Waals surface area (Å²) in [5, 5.41) is 5.24. The molecule has 3 N–H and O–H groups in total. The van der Waals surface area contributed by atoms with E-state index in [1.165, 1.54) is 18.2 Å². The van der Waals surface area contributed by atoms with Gasteiger partial charge in [-0.05, 0) is 6.07 Å². The molecule has 17 heavy (non-hydrogen) atoms. The fourth-order valence-electron chi connectivity index (χ4n) is 1.29. The summed E-state index contributed by atoms with van der Waals surface area (Å²) in [7, 11) is -3.76. The molecule has 0 saturated heterocycles. The summed E-state index contributed by atoms with van der Waals surface area (Å²) in [5.74, 6) is -1.24. The highest BCUT2D eigenvalue weighted by atomic mass is 32.2. The number of H-pyrrole nitrogens is 1. The van der Waals surface area contributed by atoms with Crippen molar-refractivity contribution in [2.75, 3.05) is 5.73 Å². The lowest BCUT2D eigenvalue weighted by molar-refractivity contribution is 0.580. The van der Waals surface area contributed by atoms with E-state index < -0.39 is 21.4 Å². The smallest absolute Gasteiger partial charge is 0.245 e. The Balaban J connectivity index is 2.33. The summed E-state index contributed by atoms with van der Waals surface area (Å²) in [5.41, 5.74) is 5.28. The van der Waals surface area contributed by atoms with Crippen molar-refractivity contribution in [3.8, 4) is 0 Å². The molecular formula is C9H9FN4O2S. The minimum absolute atomic E-state index is 0.0717. The minimum Gasteiger partial charge on any atom is -0.366 e. The molecule has 0 radical (unpaired) electrons. The number of aromatic nitrogens is 3. The highest BCUT2D eigenvalue weighted by molar-refractivity contribution is 7.90. The van der Waals surface area contributed by atoms with Crippen LogP contribution in [0, 0.1) is 5.82 Å². The molecule has 6 nitrogen and oxygen atoms in total. The summed E-state index contributed by atoms with van der Waals surface area (Å²) in [6.07, 6.45) is 0. The maximum atomic E-state index is 13.3. The molecule has 8 heteroatoms. The second kappa shape index (κ2) is 4.13. The van der Waals surface area contributed by atoms with Crippen molar-refractivity contribution >= 4 is 15.8 Å². The lowest BCUT2D eigenvalue weighted by Gasteiger charge is -2.02. The molecule has 0 fully saturated rings. The number of halogens is 1. The van der Waals surface area contributed by atoms with E-state index in [-0.39, 0.29) is 16.7 Å². The van der Waals surface area contributed by atoms with Gasteiger partial charge in [-0.3, -0.25) is 0 Å². The molecule has 0 aliphatic rings. The number of aromatic amines is 1. The van der Waals surface area contributed by atoms with Crippen LogP contribution in [0.3, 0.4) is 0 Å². The Morgan fingerprint density at radius 2 is 2.06 bits per heavy atom. The fourth-order valence-corrected chi connectivity index (χ4v) is 2.48. The monoisotopic (exact) mass is 256 g/mol. The van der Waals surface area contributed by atoms with Gasteiger partial charge in [0.2, 0.25) is 20.9 Å². The molecular weight excluding hydrogens is 247 g/mol. The zero-order valence-corrected chi connectivity index (χ0v) is 9.41. The van der Waals surface area contributed by atoms with Crippen LogP contribution in [0.15, 0.2) is 29.4 Å². The molecule has 0 amide bonds. The van der Waals surface area contributed by atoms with Gasteiger partial charge in [-0.15, -0.1) is 5.10 Å². The molecule has 1 aromatic heterocycles. The molecule has 2 aromatic rings. The summed E-state index contributed by atoms with van der Waals surface area (Å²) >= 11 is 0. The van der Waals surface area contributed by atoms with Crippen LogP contribution in [-0.2, 0) is 15.6 Å². The van der Waals surface area contributed by atoms with Crippen LogP contribution >= 0.6 is 0 Å². The Morgan fingerprint density at radius 3 is 2.65 bits per heavy atom. The Bertz CT molecular complexity index is 638. The molecule has 0 aliphatic heterocycles. The third-order valence-corrected chi connectivity index (χ3v) is 3.54. The number of nitrogens with zero attached hydrogens (tertiary/aromatic N) is 2. The van der Waals surface area contributed by atoms with Crippen LogP contribution in [0.25, 0.3) is 0 Å². The van der Waals surface area contributed by atoms with E-state index in [4.69, 9.17) is 5.73 Å². The number of hydrogen-bond acceptors (Lipinski definition) is 5. The lowest BCUT2D eigenvalue weighted by atomic mass is 10.2. The van der Waals surface area contributed by atoms with E-state index in [1.807, 2.05) is 0 Å². The van der Waals surface area contributed by atoms with E-state index in [2.05, 4.69) is 15.2 Å². The van der Waals surface area contributed by atoms with Crippen LogP contribution < -0.4 is 5.73 Å². The summed E-state index contributed by atoms with van der Waals surface area (Å²) < 4.78 is 36.9. The van der Waals surface area contributed by atoms with Gasteiger partial charge in [0.15, 0.2) is 0 Å². The molecule has 0 aliphatic carbocycles. The first-order valence-electron chi connectivity index (χ1n) is 4.63. The molecule has 0 spiro atoms. The molecule has 2 rings (SSSR count). The lowest BCUT2D eigenvalue weighted by Crippen LogP contribution is -2.08. The predicted molar refractivity (Wildman–Crippen MR) is 58.1 cm³/mol. The Hall–Kier alpha value is -1.96. The minimum atomic E-state index is -3.76. The SMILES string of the molecule is Nc1n[nH]c(S(=O)(=O)Cc2ccccc2F)n1. The number of nitrogens with one attached hydrogen (secondary N) is 1. The first-order valence-corrected chi connectivity index (χ1v) is 6.28. The van der Waals surface area contributed by atoms with Gasteiger partial charge in [-0.1, -0.05) is 18.2 Å². The van der Waals surface area contributed by atoms with E-state index in [0.29, 0.717) is 0 Å². The Kier molecular flexibility index (Phi) is 2.80.